The predicted octanol–water partition coefficient (Wildman–Crippen LogP) is 0.916. The number of aliphatic hydroxyl groups excluding tert-OH is 1. The number of aliphatic hydroxyl groups is 1. The van der Waals surface area contributed by atoms with Gasteiger partial charge in [-0.05, 0) is 12.8 Å². The third kappa shape index (κ3) is 4.88. The number of carbonyl (C=O) groups is 1. The molecule has 0 bridgehead atoms. The van der Waals surface area contributed by atoms with Gasteiger partial charge in [0.15, 0.2) is 0 Å². The maximum Gasteiger partial charge on any atom is 0.236 e. The van der Waals surface area contributed by atoms with E-state index in [0.717, 1.165) is 12.8 Å². The van der Waals surface area contributed by atoms with Crippen molar-refractivity contribution in [3.63, 3.8) is 0 Å². The standard InChI is InChI=1S/C13H24N2O2/c1-2-8-14-11-13(17)15(9-10-16)12-6-4-3-5-7-12/h2,12,14,16H,1,3-11H2. The Kier molecular flexibility index (Phi) is 6.89. The van der Waals surface area contributed by atoms with Crippen LogP contribution >= 0.6 is 0 Å². The molecule has 0 aromatic carbocycles. The number of hydrogen-bond acceptors (Lipinski definition) is 3. The SMILES string of the molecule is C=CCNCC(=O)N(CCO)C1CCCCC1. The topological polar surface area (TPSA) is 52.6 Å². The quantitative estimate of drug-likeness (QED) is 0.514. The summed E-state index contributed by atoms with van der Waals surface area (Å²) in [6.45, 7) is 5.08. The lowest BCUT2D eigenvalue weighted by Crippen LogP contribution is -2.46. The first-order valence-corrected chi connectivity index (χ1v) is 6.51. The highest BCUT2D eigenvalue weighted by molar-refractivity contribution is 5.78. The summed E-state index contributed by atoms with van der Waals surface area (Å²) in [5.41, 5.74) is 0. The van der Waals surface area contributed by atoms with E-state index in [4.69, 9.17) is 5.11 Å². The van der Waals surface area contributed by atoms with E-state index in [-0.39, 0.29) is 12.5 Å². The van der Waals surface area contributed by atoms with Crippen molar-refractivity contribution in [2.45, 2.75) is 38.1 Å². The molecule has 0 spiro atoms. The summed E-state index contributed by atoms with van der Waals surface area (Å²) in [5, 5.41) is 12.1. The van der Waals surface area contributed by atoms with E-state index in [1.807, 2.05) is 4.90 Å². The summed E-state index contributed by atoms with van der Waals surface area (Å²) in [6, 6.07) is 0.328. The van der Waals surface area contributed by atoms with Crippen LogP contribution in [0.1, 0.15) is 32.1 Å². The van der Waals surface area contributed by atoms with Gasteiger partial charge in [-0.15, -0.1) is 6.58 Å². The van der Waals surface area contributed by atoms with Gasteiger partial charge in [0.25, 0.3) is 0 Å². The molecular weight excluding hydrogens is 216 g/mol. The van der Waals surface area contributed by atoms with Crippen LogP contribution in [0.15, 0.2) is 12.7 Å². The number of rotatable bonds is 7. The van der Waals surface area contributed by atoms with Crippen molar-refractivity contribution < 1.29 is 9.90 Å². The third-order valence-corrected chi connectivity index (χ3v) is 3.24. The average Bonchev–Trinajstić information content (AvgIpc) is 2.37. The first-order chi connectivity index (χ1) is 8.29. The van der Waals surface area contributed by atoms with Gasteiger partial charge in [0, 0.05) is 19.1 Å². The largest absolute Gasteiger partial charge is 0.395 e. The summed E-state index contributed by atoms with van der Waals surface area (Å²) in [4.78, 5) is 13.9. The summed E-state index contributed by atoms with van der Waals surface area (Å²) in [6.07, 6.45) is 7.55. The van der Waals surface area contributed by atoms with Crippen molar-refractivity contribution in [2.24, 2.45) is 0 Å². The fourth-order valence-electron chi connectivity index (χ4n) is 2.39. The molecule has 1 saturated carbocycles. The first kappa shape index (κ1) is 14.2. The Morgan fingerprint density at radius 2 is 2.12 bits per heavy atom. The molecule has 1 rings (SSSR count). The second-order valence-corrected chi connectivity index (χ2v) is 4.52. The number of amides is 1. The minimum absolute atomic E-state index is 0.0453. The molecule has 98 valence electrons. The lowest BCUT2D eigenvalue weighted by atomic mass is 9.94. The molecule has 0 aliphatic heterocycles. The summed E-state index contributed by atoms with van der Waals surface area (Å²) in [7, 11) is 0. The van der Waals surface area contributed by atoms with Crippen LogP contribution in [0.2, 0.25) is 0 Å². The molecule has 4 heteroatoms. The van der Waals surface area contributed by atoms with Gasteiger partial charge in [-0.1, -0.05) is 25.3 Å². The Balaban J connectivity index is 2.44. The molecule has 0 heterocycles. The van der Waals surface area contributed by atoms with E-state index in [0.29, 0.717) is 25.7 Å². The Labute approximate surface area is 104 Å². The van der Waals surface area contributed by atoms with Crippen molar-refractivity contribution in [3.8, 4) is 0 Å². The monoisotopic (exact) mass is 240 g/mol. The van der Waals surface area contributed by atoms with Crippen LogP contribution in [0.3, 0.4) is 0 Å². The number of nitrogens with one attached hydrogen (secondary N) is 1. The fourth-order valence-corrected chi connectivity index (χ4v) is 2.39. The molecule has 1 aliphatic rings. The second-order valence-electron chi connectivity index (χ2n) is 4.52. The molecule has 0 unspecified atom stereocenters. The Morgan fingerprint density at radius 3 is 2.71 bits per heavy atom. The summed E-state index contributed by atoms with van der Waals surface area (Å²) < 4.78 is 0. The predicted molar refractivity (Wildman–Crippen MR) is 68.7 cm³/mol. The van der Waals surface area contributed by atoms with E-state index in [1.165, 1.54) is 19.3 Å². The van der Waals surface area contributed by atoms with Crippen molar-refractivity contribution >= 4 is 5.91 Å². The zero-order valence-corrected chi connectivity index (χ0v) is 10.5. The maximum absolute atomic E-state index is 12.0. The van der Waals surface area contributed by atoms with E-state index in [2.05, 4.69) is 11.9 Å². The van der Waals surface area contributed by atoms with Gasteiger partial charge in [0.05, 0.1) is 13.2 Å². The van der Waals surface area contributed by atoms with Gasteiger partial charge >= 0.3 is 0 Å². The van der Waals surface area contributed by atoms with Crippen molar-refractivity contribution in [3.05, 3.63) is 12.7 Å². The molecule has 0 aromatic heterocycles. The molecule has 0 saturated heterocycles. The van der Waals surface area contributed by atoms with E-state index in [1.54, 1.807) is 6.08 Å². The highest BCUT2D eigenvalue weighted by Crippen LogP contribution is 2.22. The van der Waals surface area contributed by atoms with Crippen LogP contribution < -0.4 is 5.32 Å². The van der Waals surface area contributed by atoms with Crippen LogP contribution in [0.25, 0.3) is 0 Å². The lowest BCUT2D eigenvalue weighted by molar-refractivity contribution is -0.133. The second kappa shape index (κ2) is 8.25. The number of carbonyl (C=O) groups excluding carboxylic acids is 1. The zero-order chi connectivity index (χ0) is 12.5. The van der Waals surface area contributed by atoms with Gasteiger partial charge in [-0.3, -0.25) is 4.79 Å². The fraction of sp³-hybridized carbons (Fsp3) is 0.769. The number of hydrogen-bond donors (Lipinski definition) is 2. The molecule has 0 radical (unpaired) electrons. The zero-order valence-electron chi connectivity index (χ0n) is 10.5. The molecule has 2 N–H and O–H groups in total. The normalized spacial score (nSPS) is 16.8. The molecular formula is C13H24N2O2. The Bertz CT molecular complexity index is 238. The van der Waals surface area contributed by atoms with Crippen molar-refractivity contribution in [1.82, 2.24) is 10.2 Å². The molecule has 1 amide bonds. The molecule has 1 fully saturated rings. The van der Waals surface area contributed by atoms with Crippen LogP contribution in [-0.4, -0.2) is 48.2 Å². The van der Waals surface area contributed by atoms with Gasteiger partial charge in [0.1, 0.15) is 0 Å². The van der Waals surface area contributed by atoms with E-state index >= 15 is 0 Å². The smallest absolute Gasteiger partial charge is 0.236 e. The minimum atomic E-state index is 0.0453. The highest BCUT2D eigenvalue weighted by atomic mass is 16.3. The van der Waals surface area contributed by atoms with Crippen LogP contribution in [0.4, 0.5) is 0 Å². The first-order valence-electron chi connectivity index (χ1n) is 6.51. The minimum Gasteiger partial charge on any atom is -0.395 e. The Hall–Kier alpha value is -0.870. The average molecular weight is 240 g/mol. The van der Waals surface area contributed by atoms with Crippen molar-refractivity contribution in [1.29, 1.82) is 0 Å². The van der Waals surface area contributed by atoms with Gasteiger partial charge < -0.3 is 15.3 Å². The molecule has 1 aliphatic carbocycles. The summed E-state index contributed by atoms with van der Waals surface area (Å²) in [5.74, 6) is 0.0906. The molecule has 0 aromatic rings. The highest BCUT2D eigenvalue weighted by Gasteiger charge is 2.24. The van der Waals surface area contributed by atoms with Crippen LogP contribution in [-0.2, 0) is 4.79 Å². The molecule has 0 atom stereocenters. The Morgan fingerprint density at radius 1 is 1.41 bits per heavy atom. The molecule has 4 nitrogen and oxygen atoms in total. The van der Waals surface area contributed by atoms with Gasteiger partial charge in [-0.25, -0.2) is 0 Å². The molecule has 17 heavy (non-hydrogen) atoms. The van der Waals surface area contributed by atoms with Crippen LogP contribution in [0.5, 0.6) is 0 Å². The lowest BCUT2D eigenvalue weighted by Gasteiger charge is -2.34. The third-order valence-electron chi connectivity index (χ3n) is 3.24. The van der Waals surface area contributed by atoms with Gasteiger partial charge in [-0.2, -0.15) is 0 Å². The van der Waals surface area contributed by atoms with Crippen molar-refractivity contribution in [2.75, 3.05) is 26.2 Å². The van der Waals surface area contributed by atoms with Crippen LogP contribution in [0, 0.1) is 0 Å². The number of nitrogens with zero attached hydrogens (tertiary/aromatic N) is 1. The maximum atomic E-state index is 12.0. The summed E-state index contributed by atoms with van der Waals surface area (Å²) >= 11 is 0. The van der Waals surface area contributed by atoms with E-state index < -0.39 is 0 Å². The van der Waals surface area contributed by atoms with Gasteiger partial charge in [0.2, 0.25) is 5.91 Å². The van der Waals surface area contributed by atoms with E-state index in [9.17, 15) is 4.79 Å².